The highest BCUT2D eigenvalue weighted by Crippen LogP contribution is 2.22. The summed E-state index contributed by atoms with van der Waals surface area (Å²) in [4.78, 5) is 11.6. The third kappa shape index (κ3) is 5.21. The van der Waals surface area contributed by atoms with Gasteiger partial charge in [0.15, 0.2) is 0 Å². The van der Waals surface area contributed by atoms with Crippen LogP contribution in [-0.4, -0.2) is 11.9 Å². The summed E-state index contributed by atoms with van der Waals surface area (Å²) in [5.41, 5.74) is 0.576. The summed E-state index contributed by atoms with van der Waals surface area (Å²) in [5, 5.41) is 15.3. The summed E-state index contributed by atoms with van der Waals surface area (Å²) in [6, 6.07) is 6.66. The summed E-state index contributed by atoms with van der Waals surface area (Å²) in [7, 11) is 0. The molecular formula is C13H13Cl2N3O. The van der Waals surface area contributed by atoms with Gasteiger partial charge in [-0.1, -0.05) is 23.2 Å². The number of anilines is 1. The number of hydrogen-bond acceptors (Lipinski definition) is 3. The summed E-state index contributed by atoms with van der Waals surface area (Å²) in [5.74, 6) is -0.432. The zero-order valence-corrected chi connectivity index (χ0v) is 12.0. The number of rotatable bonds is 4. The topological polar surface area (TPSA) is 64.9 Å². The van der Waals surface area contributed by atoms with Crippen molar-refractivity contribution in [3.05, 3.63) is 40.0 Å². The number of nitrogens with zero attached hydrogens (tertiary/aromatic N) is 1. The lowest BCUT2D eigenvalue weighted by Crippen LogP contribution is -2.31. The van der Waals surface area contributed by atoms with Gasteiger partial charge >= 0.3 is 0 Å². The Hall–Kier alpha value is -1.70. The van der Waals surface area contributed by atoms with Crippen LogP contribution in [0, 0.1) is 11.3 Å². The number of hydrogen-bond donors (Lipinski definition) is 2. The Labute approximate surface area is 122 Å². The average Bonchev–Trinajstić information content (AvgIpc) is 2.27. The summed E-state index contributed by atoms with van der Waals surface area (Å²) in [6.07, 6.45) is 1.32. The fourth-order valence-corrected chi connectivity index (χ4v) is 1.81. The Morgan fingerprint density at radius 1 is 1.32 bits per heavy atom. The Kier molecular flexibility index (Phi) is 5.68. The van der Waals surface area contributed by atoms with E-state index in [1.807, 2.05) is 19.9 Å². The van der Waals surface area contributed by atoms with Gasteiger partial charge in [0.05, 0.1) is 0 Å². The molecule has 1 aromatic carbocycles. The largest absolute Gasteiger partial charge is 0.360 e. The Morgan fingerprint density at radius 3 is 2.37 bits per heavy atom. The molecule has 0 unspecified atom stereocenters. The predicted molar refractivity (Wildman–Crippen MR) is 77.1 cm³/mol. The van der Waals surface area contributed by atoms with Gasteiger partial charge in [0, 0.05) is 28.0 Å². The molecule has 0 aliphatic carbocycles. The molecule has 0 fully saturated rings. The molecule has 2 N–H and O–H groups in total. The second-order valence-corrected chi connectivity index (χ2v) is 4.97. The van der Waals surface area contributed by atoms with Crippen LogP contribution < -0.4 is 10.6 Å². The first-order valence-electron chi connectivity index (χ1n) is 5.56. The van der Waals surface area contributed by atoms with E-state index in [0.29, 0.717) is 15.7 Å². The van der Waals surface area contributed by atoms with Crippen molar-refractivity contribution >= 4 is 34.8 Å². The van der Waals surface area contributed by atoms with E-state index >= 15 is 0 Å². The maximum Gasteiger partial charge on any atom is 0.263 e. The first-order valence-corrected chi connectivity index (χ1v) is 6.31. The van der Waals surface area contributed by atoms with Crippen LogP contribution >= 0.6 is 23.2 Å². The van der Waals surface area contributed by atoms with Crippen LogP contribution in [0.5, 0.6) is 0 Å². The lowest BCUT2D eigenvalue weighted by molar-refractivity contribution is -0.117. The smallest absolute Gasteiger partial charge is 0.263 e. The number of benzene rings is 1. The molecule has 0 heterocycles. The Bertz CT molecular complexity index is 527. The van der Waals surface area contributed by atoms with E-state index in [4.69, 9.17) is 28.5 Å². The summed E-state index contributed by atoms with van der Waals surface area (Å²) >= 11 is 11.7. The van der Waals surface area contributed by atoms with E-state index < -0.39 is 5.91 Å². The summed E-state index contributed by atoms with van der Waals surface area (Å²) < 4.78 is 0. The maximum atomic E-state index is 11.6. The van der Waals surface area contributed by atoms with Gasteiger partial charge in [-0.2, -0.15) is 5.26 Å². The Morgan fingerprint density at radius 2 is 1.89 bits per heavy atom. The van der Waals surface area contributed by atoms with Gasteiger partial charge < -0.3 is 10.6 Å². The standard InChI is InChI=1S/C13H13Cl2N3O/c1-8(2)18-13(19)9(6-16)7-17-12-4-10(14)3-11(15)5-12/h3-5,7-8,17H,1-2H3,(H,18,19)/b9-7-. The molecule has 1 aromatic rings. The highest BCUT2D eigenvalue weighted by atomic mass is 35.5. The monoisotopic (exact) mass is 297 g/mol. The SMILES string of the molecule is CC(C)NC(=O)/C(C#N)=C\Nc1cc(Cl)cc(Cl)c1. The van der Waals surface area contributed by atoms with Crippen molar-refractivity contribution < 1.29 is 4.79 Å². The molecule has 1 amide bonds. The van der Waals surface area contributed by atoms with Gasteiger partial charge in [0.1, 0.15) is 11.6 Å². The minimum absolute atomic E-state index is 0.0233. The lowest BCUT2D eigenvalue weighted by atomic mass is 10.2. The number of carbonyl (C=O) groups is 1. The van der Waals surface area contributed by atoms with E-state index in [1.165, 1.54) is 6.20 Å². The third-order valence-corrected chi connectivity index (χ3v) is 2.47. The molecule has 0 spiro atoms. The fourth-order valence-electron chi connectivity index (χ4n) is 1.28. The highest BCUT2D eigenvalue weighted by Gasteiger charge is 2.09. The molecular weight excluding hydrogens is 285 g/mol. The quantitative estimate of drug-likeness (QED) is 0.662. The van der Waals surface area contributed by atoms with Gasteiger partial charge in [-0.3, -0.25) is 4.79 Å². The van der Waals surface area contributed by atoms with Crippen molar-refractivity contribution in [1.82, 2.24) is 5.32 Å². The van der Waals surface area contributed by atoms with Gasteiger partial charge in [-0.05, 0) is 32.0 Å². The zero-order chi connectivity index (χ0) is 14.4. The number of amides is 1. The van der Waals surface area contributed by atoms with E-state index in [-0.39, 0.29) is 11.6 Å². The molecule has 0 atom stereocenters. The lowest BCUT2D eigenvalue weighted by Gasteiger charge is -2.08. The Balaban J connectivity index is 2.83. The van der Waals surface area contributed by atoms with Crippen LogP contribution in [0.1, 0.15) is 13.8 Å². The molecule has 100 valence electrons. The maximum absolute atomic E-state index is 11.6. The third-order valence-electron chi connectivity index (χ3n) is 2.03. The number of carbonyl (C=O) groups excluding carboxylic acids is 1. The second-order valence-electron chi connectivity index (χ2n) is 4.10. The van der Waals surface area contributed by atoms with E-state index in [2.05, 4.69) is 10.6 Å². The van der Waals surface area contributed by atoms with Crippen molar-refractivity contribution in [2.75, 3.05) is 5.32 Å². The van der Waals surface area contributed by atoms with Crippen LogP contribution in [0.2, 0.25) is 10.0 Å². The molecule has 0 aliphatic heterocycles. The van der Waals surface area contributed by atoms with Crippen molar-refractivity contribution in [2.24, 2.45) is 0 Å². The van der Waals surface area contributed by atoms with Gasteiger partial charge in [0.2, 0.25) is 0 Å². The molecule has 0 aromatic heterocycles. The molecule has 0 aliphatic rings. The van der Waals surface area contributed by atoms with Crippen molar-refractivity contribution in [3.63, 3.8) is 0 Å². The normalized spacial score (nSPS) is 11.1. The molecule has 0 radical (unpaired) electrons. The first kappa shape index (κ1) is 15.4. The first-order chi connectivity index (χ1) is 8.92. The molecule has 0 saturated heterocycles. The average molecular weight is 298 g/mol. The van der Waals surface area contributed by atoms with Gasteiger partial charge in [-0.25, -0.2) is 0 Å². The van der Waals surface area contributed by atoms with Crippen LogP contribution in [0.4, 0.5) is 5.69 Å². The van der Waals surface area contributed by atoms with Gasteiger partial charge in [-0.15, -0.1) is 0 Å². The second kappa shape index (κ2) is 7.03. The van der Waals surface area contributed by atoms with Crippen molar-refractivity contribution in [3.8, 4) is 6.07 Å². The van der Waals surface area contributed by atoms with Crippen LogP contribution in [0.3, 0.4) is 0 Å². The number of nitriles is 1. The molecule has 19 heavy (non-hydrogen) atoms. The molecule has 0 bridgehead atoms. The molecule has 4 nitrogen and oxygen atoms in total. The van der Waals surface area contributed by atoms with Crippen LogP contribution in [0.25, 0.3) is 0 Å². The van der Waals surface area contributed by atoms with E-state index in [9.17, 15) is 4.79 Å². The van der Waals surface area contributed by atoms with Crippen molar-refractivity contribution in [1.29, 1.82) is 5.26 Å². The fraction of sp³-hybridized carbons (Fsp3) is 0.231. The van der Waals surface area contributed by atoms with Crippen LogP contribution in [-0.2, 0) is 4.79 Å². The number of halogens is 2. The molecule has 1 rings (SSSR count). The minimum Gasteiger partial charge on any atom is -0.360 e. The van der Waals surface area contributed by atoms with E-state index in [1.54, 1.807) is 18.2 Å². The van der Waals surface area contributed by atoms with Crippen LogP contribution in [0.15, 0.2) is 30.0 Å². The highest BCUT2D eigenvalue weighted by molar-refractivity contribution is 6.35. The zero-order valence-electron chi connectivity index (χ0n) is 10.5. The van der Waals surface area contributed by atoms with E-state index in [0.717, 1.165) is 0 Å². The molecule has 6 heteroatoms. The van der Waals surface area contributed by atoms with Crippen molar-refractivity contribution in [2.45, 2.75) is 19.9 Å². The minimum atomic E-state index is -0.432. The molecule has 0 saturated carbocycles. The number of nitrogens with one attached hydrogen (secondary N) is 2. The predicted octanol–water partition coefficient (Wildman–Crippen LogP) is 3.34. The van der Waals surface area contributed by atoms with Gasteiger partial charge in [0.25, 0.3) is 5.91 Å². The summed E-state index contributed by atoms with van der Waals surface area (Å²) in [6.45, 7) is 3.63.